The first kappa shape index (κ1) is 19.2. The topological polar surface area (TPSA) is 42.6 Å². The van der Waals surface area contributed by atoms with E-state index in [2.05, 4.69) is 48.5 Å². The van der Waals surface area contributed by atoms with Gasteiger partial charge in [0.1, 0.15) is 11.2 Å². The highest BCUT2D eigenvalue weighted by Crippen LogP contribution is 2.37. The summed E-state index contributed by atoms with van der Waals surface area (Å²) in [5.74, 6) is 0. The number of fused-ring (bicyclic) bond motifs is 7. The normalized spacial score (nSPS) is 13.0. The van der Waals surface area contributed by atoms with Crippen molar-refractivity contribution in [3.05, 3.63) is 66.7 Å². The fourth-order valence-corrected chi connectivity index (χ4v) is 3.85. The van der Waals surface area contributed by atoms with Crippen LogP contribution in [0.3, 0.4) is 0 Å². The number of furan rings is 1. The maximum absolute atomic E-state index is 10.4. The van der Waals surface area contributed by atoms with E-state index in [4.69, 9.17) is 9.07 Å². The summed E-state index contributed by atoms with van der Waals surface area (Å²) < 4.78 is 12.4. The SMILES string of the molecule is CC(C)(O)C(C)(C)O[B]c1cccc2oc3c(ccc4ccc5ccccc5c43)c12. The maximum atomic E-state index is 10.4. The molecule has 5 aromatic rings. The number of aliphatic hydroxyl groups is 1. The van der Waals surface area contributed by atoms with E-state index in [0.29, 0.717) is 0 Å². The van der Waals surface area contributed by atoms with E-state index in [-0.39, 0.29) is 0 Å². The molecule has 1 radical (unpaired) electrons. The quantitative estimate of drug-likeness (QED) is 0.313. The Morgan fingerprint density at radius 2 is 1.50 bits per heavy atom. The summed E-state index contributed by atoms with van der Waals surface area (Å²) in [5.41, 5.74) is 0.927. The van der Waals surface area contributed by atoms with Crippen LogP contribution in [0.15, 0.2) is 71.1 Å². The van der Waals surface area contributed by atoms with Gasteiger partial charge in [0.2, 0.25) is 0 Å². The lowest BCUT2D eigenvalue weighted by Crippen LogP contribution is -2.49. The molecule has 1 N–H and O–H groups in total. The van der Waals surface area contributed by atoms with Crippen LogP contribution in [0.2, 0.25) is 0 Å². The zero-order chi connectivity index (χ0) is 21.1. The van der Waals surface area contributed by atoms with Gasteiger partial charge in [-0.1, -0.05) is 54.6 Å². The molecule has 0 unspecified atom stereocenters. The summed E-state index contributed by atoms with van der Waals surface area (Å²) in [6, 6.07) is 22.9. The van der Waals surface area contributed by atoms with Crippen LogP contribution in [0, 0.1) is 0 Å². The van der Waals surface area contributed by atoms with Crippen molar-refractivity contribution in [2.45, 2.75) is 38.9 Å². The van der Waals surface area contributed by atoms with Gasteiger partial charge in [0.05, 0.1) is 11.2 Å². The number of benzene rings is 4. The van der Waals surface area contributed by atoms with Gasteiger partial charge in [-0.15, -0.1) is 0 Å². The predicted octanol–water partition coefficient (Wildman–Crippen LogP) is 5.70. The van der Waals surface area contributed by atoms with E-state index in [0.717, 1.165) is 38.2 Å². The van der Waals surface area contributed by atoms with Gasteiger partial charge in [-0.3, -0.25) is 0 Å². The lowest BCUT2D eigenvalue weighted by molar-refractivity contribution is -0.0893. The van der Waals surface area contributed by atoms with Crippen LogP contribution < -0.4 is 5.46 Å². The Bertz CT molecular complexity index is 1410. The fraction of sp³-hybridized carbons (Fsp3) is 0.231. The van der Waals surface area contributed by atoms with Gasteiger partial charge in [-0.05, 0) is 61.4 Å². The van der Waals surface area contributed by atoms with Crippen LogP contribution >= 0.6 is 0 Å². The summed E-state index contributed by atoms with van der Waals surface area (Å²) in [7, 11) is 1.74. The van der Waals surface area contributed by atoms with Crippen LogP contribution in [-0.4, -0.2) is 23.8 Å². The highest BCUT2D eigenvalue weighted by atomic mass is 16.5. The van der Waals surface area contributed by atoms with E-state index >= 15 is 0 Å². The third kappa shape index (κ3) is 2.91. The summed E-state index contributed by atoms with van der Waals surface area (Å²) in [5, 5.41) is 17.2. The number of hydrogen-bond acceptors (Lipinski definition) is 3. The summed E-state index contributed by atoms with van der Waals surface area (Å²) >= 11 is 0. The molecule has 0 aliphatic carbocycles. The average Bonchev–Trinajstić information content (AvgIpc) is 3.10. The highest BCUT2D eigenvalue weighted by Gasteiger charge is 2.36. The Morgan fingerprint density at radius 3 is 2.30 bits per heavy atom. The van der Waals surface area contributed by atoms with Crippen molar-refractivity contribution in [3.8, 4) is 0 Å². The largest absolute Gasteiger partial charge is 0.455 e. The van der Waals surface area contributed by atoms with Crippen molar-refractivity contribution < 1.29 is 14.2 Å². The molecule has 0 spiro atoms. The second-order valence-corrected chi connectivity index (χ2v) is 8.95. The van der Waals surface area contributed by atoms with Crippen molar-refractivity contribution in [1.29, 1.82) is 0 Å². The van der Waals surface area contributed by atoms with Gasteiger partial charge >= 0.3 is 7.48 Å². The number of rotatable bonds is 4. The standard InChI is InChI=1S/C26H24BO3/c1-25(2,28)26(3,4)30-27-20-10-7-11-21-23(20)19-15-14-17-13-12-16-8-5-6-9-18(16)22(17)24(19)29-21/h5-15,28H,1-4H3. The van der Waals surface area contributed by atoms with Crippen molar-refractivity contribution in [3.63, 3.8) is 0 Å². The third-order valence-electron chi connectivity index (χ3n) is 6.36. The molecule has 0 aliphatic rings. The van der Waals surface area contributed by atoms with Crippen molar-refractivity contribution >= 4 is 56.4 Å². The molecular formula is C26H24BO3. The van der Waals surface area contributed by atoms with Crippen LogP contribution in [0.1, 0.15) is 27.7 Å². The Morgan fingerprint density at radius 1 is 0.767 bits per heavy atom. The Labute approximate surface area is 176 Å². The average molecular weight is 395 g/mol. The molecule has 1 aromatic heterocycles. The van der Waals surface area contributed by atoms with Gasteiger partial charge in [0, 0.05) is 16.2 Å². The van der Waals surface area contributed by atoms with E-state index in [1.54, 1.807) is 21.3 Å². The first-order valence-corrected chi connectivity index (χ1v) is 10.3. The minimum atomic E-state index is -0.981. The molecule has 30 heavy (non-hydrogen) atoms. The molecule has 0 bridgehead atoms. The van der Waals surface area contributed by atoms with Gasteiger partial charge in [-0.25, -0.2) is 0 Å². The minimum Gasteiger partial charge on any atom is -0.455 e. The monoisotopic (exact) mass is 395 g/mol. The van der Waals surface area contributed by atoms with Crippen molar-refractivity contribution in [2.24, 2.45) is 0 Å². The zero-order valence-electron chi connectivity index (χ0n) is 17.7. The molecule has 1 heterocycles. The minimum absolute atomic E-state index is 0.738. The second-order valence-electron chi connectivity index (χ2n) is 8.95. The molecule has 0 saturated heterocycles. The van der Waals surface area contributed by atoms with E-state index in [1.807, 2.05) is 32.0 Å². The molecule has 4 heteroatoms. The van der Waals surface area contributed by atoms with Gasteiger partial charge in [0.15, 0.2) is 0 Å². The molecule has 0 atom stereocenters. The Kier molecular flexibility index (Phi) is 4.21. The number of hydrogen-bond donors (Lipinski definition) is 1. The zero-order valence-corrected chi connectivity index (χ0v) is 17.7. The van der Waals surface area contributed by atoms with Crippen molar-refractivity contribution in [1.82, 2.24) is 0 Å². The Hall–Kier alpha value is -2.82. The van der Waals surface area contributed by atoms with Crippen LogP contribution in [0.4, 0.5) is 0 Å². The summed E-state index contributed by atoms with van der Waals surface area (Å²) in [6.45, 7) is 7.28. The summed E-state index contributed by atoms with van der Waals surface area (Å²) in [4.78, 5) is 0. The first-order chi connectivity index (χ1) is 14.3. The first-order valence-electron chi connectivity index (χ1n) is 10.3. The molecule has 5 rings (SSSR count). The van der Waals surface area contributed by atoms with Crippen LogP contribution in [0.25, 0.3) is 43.5 Å². The molecule has 149 valence electrons. The Balaban J connectivity index is 1.73. The van der Waals surface area contributed by atoms with E-state index in [9.17, 15) is 5.11 Å². The molecule has 0 fully saturated rings. The molecule has 4 aromatic carbocycles. The van der Waals surface area contributed by atoms with Crippen molar-refractivity contribution in [2.75, 3.05) is 0 Å². The van der Waals surface area contributed by atoms with E-state index < -0.39 is 11.2 Å². The molecule has 0 aliphatic heterocycles. The van der Waals surface area contributed by atoms with Crippen LogP contribution in [0.5, 0.6) is 0 Å². The van der Waals surface area contributed by atoms with E-state index in [1.165, 1.54) is 10.8 Å². The smallest absolute Gasteiger partial charge is 0.331 e. The molecule has 0 amide bonds. The maximum Gasteiger partial charge on any atom is 0.331 e. The third-order valence-corrected chi connectivity index (χ3v) is 6.36. The van der Waals surface area contributed by atoms with Gasteiger partial charge in [-0.2, -0.15) is 0 Å². The second kappa shape index (κ2) is 6.59. The highest BCUT2D eigenvalue weighted by molar-refractivity contribution is 6.53. The lowest BCUT2D eigenvalue weighted by atomic mass is 9.80. The van der Waals surface area contributed by atoms with Gasteiger partial charge in [0.25, 0.3) is 0 Å². The van der Waals surface area contributed by atoms with Gasteiger partial charge < -0.3 is 14.2 Å². The molecule has 0 saturated carbocycles. The molecular weight excluding hydrogens is 371 g/mol. The molecule has 3 nitrogen and oxygen atoms in total. The summed E-state index contributed by atoms with van der Waals surface area (Å²) in [6.07, 6.45) is 0. The fourth-order valence-electron chi connectivity index (χ4n) is 3.85. The van der Waals surface area contributed by atoms with Crippen LogP contribution in [-0.2, 0) is 4.65 Å². The predicted molar refractivity (Wildman–Crippen MR) is 126 cm³/mol. The lowest BCUT2D eigenvalue weighted by Gasteiger charge is -2.37.